The number of rotatable bonds is 8. The van der Waals surface area contributed by atoms with Crippen LogP contribution in [0.3, 0.4) is 0 Å². The van der Waals surface area contributed by atoms with E-state index in [1.807, 2.05) is 43.0 Å². The number of benzene rings is 2. The number of ether oxygens (including phenoxy) is 3. The number of amides is 2. The van der Waals surface area contributed by atoms with E-state index in [4.69, 9.17) is 14.2 Å². The second kappa shape index (κ2) is 10.4. The van der Waals surface area contributed by atoms with E-state index in [-0.39, 0.29) is 11.8 Å². The fourth-order valence-corrected chi connectivity index (χ4v) is 3.84. The van der Waals surface area contributed by atoms with Gasteiger partial charge in [-0.3, -0.25) is 9.59 Å². The molecule has 0 radical (unpaired) electrons. The van der Waals surface area contributed by atoms with Crippen molar-refractivity contribution in [2.45, 2.75) is 33.2 Å². The molecule has 172 valence electrons. The number of nitrogens with zero attached hydrogens (tertiary/aromatic N) is 1. The van der Waals surface area contributed by atoms with Gasteiger partial charge in [-0.2, -0.15) is 0 Å². The summed E-state index contributed by atoms with van der Waals surface area (Å²) in [7, 11) is 3.20. The molecule has 7 nitrogen and oxygen atoms in total. The summed E-state index contributed by atoms with van der Waals surface area (Å²) in [4.78, 5) is 27.6. The van der Waals surface area contributed by atoms with Gasteiger partial charge < -0.3 is 24.4 Å². The number of nitrogens with one attached hydrogen (secondary N) is 1. The van der Waals surface area contributed by atoms with Crippen LogP contribution >= 0.6 is 0 Å². The zero-order valence-electron chi connectivity index (χ0n) is 19.3. The standard InChI is InChI=1S/C25H32N2O5/c1-5-32-20-8-6-19(7-9-20)23(28)27-12-10-25(2,11-13-27)24(29)26-17-18-14-21(30-3)16-22(15-18)31-4/h6-9,14-16H,5,10-13,17H2,1-4H3,(H,26,29). The molecule has 2 amide bonds. The second-order valence-electron chi connectivity index (χ2n) is 8.21. The summed E-state index contributed by atoms with van der Waals surface area (Å²) in [5.41, 5.74) is 1.02. The molecule has 1 aliphatic heterocycles. The minimum atomic E-state index is -0.515. The van der Waals surface area contributed by atoms with E-state index < -0.39 is 5.41 Å². The molecular weight excluding hydrogens is 408 g/mol. The first-order chi connectivity index (χ1) is 15.4. The highest BCUT2D eigenvalue weighted by atomic mass is 16.5. The third kappa shape index (κ3) is 5.52. The van der Waals surface area contributed by atoms with Crippen molar-refractivity contribution >= 4 is 11.8 Å². The molecule has 0 atom stereocenters. The van der Waals surface area contributed by atoms with Gasteiger partial charge in [-0.15, -0.1) is 0 Å². The molecule has 2 aromatic rings. The first kappa shape index (κ1) is 23.4. The first-order valence-corrected chi connectivity index (χ1v) is 10.9. The van der Waals surface area contributed by atoms with E-state index in [0.717, 1.165) is 11.3 Å². The van der Waals surface area contributed by atoms with E-state index in [2.05, 4.69) is 5.32 Å². The van der Waals surface area contributed by atoms with Gasteiger partial charge in [-0.25, -0.2) is 0 Å². The maximum Gasteiger partial charge on any atom is 0.253 e. The van der Waals surface area contributed by atoms with E-state index >= 15 is 0 Å². The Morgan fingerprint density at radius 2 is 1.56 bits per heavy atom. The minimum Gasteiger partial charge on any atom is -0.497 e. The predicted octanol–water partition coefficient (Wildman–Crippen LogP) is 3.66. The normalized spacial score (nSPS) is 15.1. The molecule has 0 aromatic heterocycles. The maximum absolute atomic E-state index is 13.0. The van der Waals surface area contributed by atoms with Crippen molar-refractivity contribution in [2.24, 2.45) is 5.41 Å². The monoisotopic (exact) mass is 440 g/mol. The van der Waals surface area contributed by atoms with Crippen LogP contribution in [0.25, 0.3) is 0 Å². The Kier molecular flexibility index (Phi) is 7.62. The van der Waals surface area contributed by atoms with Crippen molar-refractivity contribution in [1.29, 1.82) is 0 Å². The number of hydrogen-bond donors (Lipinski definition) is 1. The fourth-order valence-electron chi connectivity index (χ4n) is 3.84. The van der Waals surface area contributed by atoms with Gasteiger partial charge in [0.15, 0.2) is 0 Å². The summed E-state index contributed by atoms with van der Waals surface area (Å²) in [6.07, 6.45) is 1.23. The van der Waals surface area contributed by atoms with Crippen molar-refractivity contribution in [3.05, 3.63) is 53.6 Å². The van der Waals surface area contributed by atoms with Crippen molar-refractivity contribution in [2.75, 3.05) is 33.9 Å². The lowest BCUT2D eigenvalue weighted by molar-refractivity contribution is -0.132. The largest absolute Gasteiger partial charge is 0.497 e. The zero-order valence-corrected chi connectivity index (χ0v) is 19.3. The number of methoxy groups -OCH3 is 2. The highest BCUT2D eigenvalue weighted by Gasteiger charge is 2.38. The molecular formula is C25H32N2O5. The minimum absolute atomic E-state index is 0.00699. The second-order valence-corrected chi connectivity index (χ2v) is 8.21. The molecule has 0 spiro atoms. The van der Waals surface area contributed by atoms with Crippen LogP contribution in [0.4, 0.5) is 0 Å². The lowest BCUT2D eigenvalue weighted by Crippen LogP contribution is -2.48. The van der Waals surface area contributed by atoms with Crippen molar-refractivity contribution in [3.8, 4) is 17.2 Å². The molecule has 1 fully saturated rings. The molecule has 1 saturated heterocycles. The third-order valence-corrected chi connectivity index (χ3v) is 5.98. The molecule has 0 unspecified atom stereocenters. The topological polar surface area (TPSA) is 77.1 Å². The quantitative estimate of drug-likeness (QED) is 0.678. The van der Waals surface area contributed by atoms with E-state index in [1.165, 1.54) is 0 Å². The van der Waals surface area contributed by atoms with Crippen molar-refractivity contribution in [3.63, 3.8) is 0 Å². The van der Waals surface area contributed by atoms with Crippen LogP contribution in [0, 0.1) is 5.41 Å². The number of carbonyl (C=O) groups is 2. The average molecular weight is 441 g/mol. The fraction of sp³-hybridized carbons (Fsp3) is 0.440. The summed E-state index contributed by atoms with van der Waals surface area (Å²) >= 11 is 0. The average Bonchev–Trinajstić information content (AvgIpc) is 2.83. The van der Waals surface area contributed by atoms with Gasteiger partial charge >= 0.3 is 0 Å². The van der Waals surface area contributed by atoms with Crippen LogP contribution in [-0.2, 0) is 11.3 Å². The summed E-state index contributed by atoms with van der Waals surface area (Å²) in [6, 6.07) is 12.8. The molecule has 3 rings (SSSR count). The Morgan fingerprint density at radius 1 is 0.969 bits per heavy atom. The molecule has 2 aromatic carbocycles. The predicted molar refractivity (Wildman–Crippen MR) is 122 cm³/mol. The number of likely N-dealkylation sites (tertiary alicyclic amines) is 1. The maximum atomic E-state index is 13.0. The van der Waals surface area contributed by atoms with Gasteiger partial charge in [-0.05, 0) is 61.7 Å². The van der Waals surface area contributed by atoms with Crippen molar-refractivity contribution in [1.82, 2.24) is 10.2 Å². The van der Waals surface area contributed by atoms with Gasteiger partial charge in [0.25, 0.3) is 5.91 Å². The zero-order chi connectivity index (χ0) is 23.1. The number of piperidine rings is 1. The van der Waals surface area contributed by atoms with Crippen LogP contribution < -0.4 is 19.5 Å². The van der Waals surface area contributed by atoms with Crippen LogP contribution in [-0.4, -0.2) is 50.6 Å². The smallest absolute Gasteiger partial charge is 0.253 e. The molecule has 1 aliphatic rings. The SMILES string of the molecule is CCOc1ccc(C(=O)N2CCC(C)(C(=O)NCc3cc(OC)cc(OC)c3)CC2)cc1. The molecule has 0 bridgehead atoms. The Labute approximate surface area is 189 Å². The lowest BCUT2D eigenvalue weighted by Gasteiger charge is -2.38. The summed E-state index contributed by atoms with van der Waals surface area (Å²) in [6.45, 7) is 5.95. The summed E-state index contributed by atoms with van der Waals surface area (Å²) in [5, 5.41) is 3.04. The number of carbonyl (C=O) groups excluding carboxylic acids is 2. The highest BCUT2D eigenvalue weighted by molar-refractivity contribution is 5.94. The van der Waals surface area contributed by atoms with Gasteiger partial charge in [0.1, 0.15) is 17.2 Å². The summed E-state index contributed by atoms with van der Waals surface area (Å²) in [5.74, 6) is 2.09. The Bertz CT molecular complexity index is 912. The van der Waals surface area contributed by atoms with Gasteiger partial charge in [0.2, 0.25) is 5.91 Å². The van der Waals surface area contributed by atoms with Crippen LogP contribution in [0.2, 0.25) is 0 Å². The van der Waals surface area contributed by atoms with Crippen molar-refractivity contribution < 1.29 is 23.8 Å². The molecule has 7 heteroatoms. The highest BCUT2D eigenvalue weighted by Crippen LogP contribution is 2.32. The Morgan fingerprint density at radius 3 is 2.09 bits per heavy atom. The first-order valence-electron chi connectivity index (χ1n) is 10.9. The summed E-state index contributed by atoms with van der Waals surface area (Å²) < 4.78 is 16.0. The van der Waals surface area contributed by atoms with Crippen LogP contribution in [0.15, 0.2) is 42.5 Å². The number of hydrogen-bond acceptors (Lipinski definition) is 5. The van der Waals surface area contributed by atoms with Crippen LogP contribution in [0.5, 0.6) is 17.2 Å². The molecule has 0 aliphatic carbocycles. The Balaban J connectivity index is 1.55. The lowest BCUT2D eigenvalue weighted by atomic mass is 9.79. The third-order valence-electron chi connectivity index (χ3n) is 5.98. The van der Waals surface area contributed by atoms with E-state index in [1.54, 1.807) is 32.4 Å². The van der Waals surface area contributed by atoms with Crippen LogP contribution in [0.1, 0.15) is 42.6 Å². The molecule has 1 N–H and O–H groups in total. The van der Waals surface area contributed by atoms with E-state index in [9.17, 15) is 9.59 Å². The van der Waals surface area contributed by atoms with E-state index in [0.29, 0.717) is 56.1 Å². The molecule has 1 heterocycles. The van der Waals surface area contributed by atoms with Gasteiger partial charge in [-0.1, -0.05) is 6.92 Å². The van der Waals surface area contributed by atoms with Gasteiger partial charge in [0, 0.05) is 36.7 Å². The molecule has 0 saturated carbocycles. The molecule has 32 heavy (non-hydrogen) atoms. The van der Waals surface area contributed by atoms with Gasteiger partial charge in [0.05, 0.1) is 20.8 Å². The Hall–Kier alpha value is -3.22.